The quantitative estimate of drug-likeness (QED) is 0.124. The summed E-state index contributed by atoms with van der Waals surface area (Å²) in [5.74, 6) is -0.541. The molecule has 0 aliphatic rings. The molecular weight excluding hydrogens is 627 g/mol. The number of benzene rings is 3. The smallest absolute Gasteiger partial charge is 0.384 e. The second kappa shape index (κ2) is 12.3. The van der Waals surface area contributed by atoms with Crippen molar-refractivity contribution in [2.75, 3.05) is 17.6 Å². The van der Waals surface area contributed by atoms with Crippen LogP contribution >= 0.6 is 0 Å². The first kappa shape index (κ1) is 31.4. The number of carbonyl (C=O) groups excluding carboxylic acids is 1. The van der Waals surface area contributed by atoms with Crippen LogP contribution in [0.5, 0.6) is 0 Å². The molecule has 0 saturated carbocycles. The molecule has 238 valence electrons. The lowest BCUT2D eigenvalue weighted by Crippen LogP contribution is -2.15. The molecule has 47 heavy (non-hydrogen) atoms. The topological polar surface area (TPSA) is 120 Å². The molecule has 0 aliphatic carbocycles. The summed E-state index contributed by atoms with van der Waals surface area (Å²) in [6, 6.07) is 21.1. The summed E-state index contributed by atoms with van der Waals surface area (Å²) in [5, 5.41) is 8.04. The van der Waals surface area contributed by atoms with E-state index in [0.717, 1.165) is 17.4 Å². The molecule has 0 amide bonds. The van der Waals surface area contributed by atoms with Crippen molar-refractivity contribution in [1.82, 2.24) is 18.7 Å². The van der Waals surface area contributed by atoms with E-state index < -0.39 is 28.6 Å². The maximum Gasteiger partial charge on any atom is 0.433 e. The average molecular weight is 656 g/mol. The van der Waals surface area contributed by atoms with Gasteiger partial charge in [0.1, 0.15) is 11.5 Å². The fourth-order valence-corrected chi connectivity index (χ4v) is 6.54. The van der Waals surface area contributed by atoms with Crippen LogP contribution in [0.1, 0.15) is 34.2 Å². The lowest BCUT2D eigenvalue weighted by molar-refractivity contribution is -0.140. The number of aliphatic imine (C=N–C) groups is 1. The minimum Gasteiger partial charge on any atom is -0.384 e. The van der Waals surface area contributed by atoms with Crippen LogP contribution in [0.25, 0.3) is 27.7 Å². The predicted octanol–water partition coefficient (Wildman–Crippen LogP) is 7.36. The molecule has 1 atom stereocenters. The second-order valence-electron chi connectivity index (χ2n) is 10.6. The van der Waals surface area contributed by atoms with Crippen LogP contribution in [-0.2, 0) is 17.2 Å². The Morgan fingerprint density at radius 3 is 2.53 bits per heavy atom. The number of ketones is 1. The maximum absolute atomic E-state index is 14.2. The van der Waals surface area contributed by atoms with Crippen LogP contribution in [-0.4, -0.2) is 42.0 Å². The van der Waals surface area contributed by atoms with Crippen LogP contribution in [0.4, 0.5) is 30.4 Å². The van der Waals surface area contributed by atoms with Gasteiger partial charge in [0.25, 0.3) is 0 Å². The van der Waals surface area contributed by atoms with Crippen LogP contribution < -0.4 is 11.1 Å². The summed E-state index contributed by atoms with van der Waals surface area (Å²) in [6.45, 7) is 8.14. The third-order valence-corrected chi connectivity index (χ3v) is 8.98. The van der Waals surface area contributed by atoms with Crippen molar-refractivity contribution >= 4 is 51.6 Å². The molecule has 0 bridgehead atoms. The Balaban J connectivity index is 1.50. The molecule has 0 spiro atoms. The van der Waals surface area contributed by atoms with Gasteiger partial charge < -0.3 is 11.1 Å². The first-order valence-electron chi connectivity index (χ1n) is 14.4. The number of aryl methyl sites for hydroxylation is 1. The average Bonchev–Trinajstić information content (AvgIpc) is 3.64. The summed E-state index contributed by atoms with van der Waals surface area (Å²) in [6.07, 6.45) is -2.30. The molecule has 3 aromatic heterocycles. The number of halogens is 3. The van der Waals surface area contributed by atoms with E-state index in [-0.39, 0.29) is 33.7 Å². The van der Waals surface area contributed by atoms with Gasteiger partial charge >= 0.3 is 6.18 Å². The van der Waals surface area contributed by atoms with Crippen molar-refractivity contribution in [3.63, 3.8) is 0 Å². The molecule has 1 unspecified atom stereocenters. The Hall–Kier alpha value is -5.56. The van der Waals surface area contributed by atoms with E-state index in [2.05, 4.69) is 27.1 Å². The number of alkyl halides is 3. The fraction of sp³-hybridized carbons (Fsp3) is 0.118. The zero-order valence-corrected chi connectivity index (χ0v) is 26.1. The first-order chi connectivity index (χ1) is 22.5. The molecule has 9 nitrogen and oxygen atoms in total. The highest BCUT2D eigenvalue weighted by molar-refractivity contribution is 7.83. The van der Waals surface area contributed by atoms with E-state index in [9.17, 15) is 22.2 Å². The van der Waals surface area contributed by atoms with Crippen molar-refractivity contribution in [2.24, 2.45) is 4.99 Å². The van der Waals surface area contributed by atoms with Crippen molar-refractivity contribution in [2.45, 2.75) is 24.9 Å². The number of aromatic nitrogens is 4. The Kier molecular flexibility index (Phi) is 8.24. The molecule has 3 aromatic carbocycles. The first-order valence-corrected chi connectivity index (χ1v) is 15.5. The SMILES string of the molecule is C=Nc1cc(-n2ncc(C(=O)c3cc4ccc(-c5cccnc5C(F)(F)F)cc4n3S(=O)c3ccc(C)cc3)c2N)ccc1NCC. The van der Waals surface area contributed by atoms with Gasteiger partial charge in [-0.2, -0.15) is 18.3 Å². The number of carbonyl (C=O) groups is 1. The predicted molar refractivity (Wildman–Crippen MR) is 178 cm³/mol. The fourth-order valence-electron chi connectivity index (χ4n) is 5.30. The van der Waals surface area contributed by atoms with Gasteiger partial charge in [-0.05, 0) is 74.7 Å². The highest BCUT2D eigenvalue weighted by Crippen LogP contribution is 2.37. The molecule has 0 saturated heterocycles. The molecule has 3 N–H and O–H groups in total. The normalized spacial score (nSPS) is 12.3. The van der Waals surface area contributed by atoms with E-state index in [1.807, 2.05) is 13.8 Å². The number of pyridine rings is 1. The number of nitrogens with one attached hydrogen (secondary N) is 1. The van der Waals surface area contributed by atoms with E-state index in [1.54, 1.807) is 54.6 Å². The van der Waals surface area contributed by atoms with E-state index >= 15 is 0 Å². The standard InChI is InChI=1S/C34H28F3N7O2S/c1-4-40-27-14-11-23(18-28(27)39-3)43-33(38)26(19-42-43)31(45)30-17-22-10-9-21(25-6-5-15-41-32(25)34(35,36)37)16-29(22)44(30)47(46)24-12-7-20(2)8-13-24/h5-19,40H,3-4,38H2,1-2H3. The van der Waals surface area contributed by atoms with Crippen LogP contribution in [0, 0.1) is 6.92 Å². The Labute approximate surface area is 270 Å². The van der Waals surface area contributed by atoms with Gasteiger partial charge in [-0.25, -0.2) is 8.89 Å². The number of fused-ring (bicyclic) bond motifs is 1. The third-order valence-electron chi connectivity index (χ3n) is 7.58. The lowest BCUT2D eigenvalue weighted by atomic mass is 10.0. The highest BCUT2D eigenvalue weighted by Gasteiger charge is 2.35. The lowest BCUT2D eigenvalue weighted by Gasteiger charge is -2.13. The highest BCUT2D eigenvalue weighted by atomic mass is 32.2. The number of nitrogen functional groups attached to an aromatic ring is 1. The summed E-state index contributed by atoms with van der Waals surface area (Å²) >= 11 is 0. The zero-order chi connectivity index (χ0) is 33.5. The largest absolute Gasteiger partial charge is 0.433 e. The van der Waals surface area contributed by atoms with Gasteiger partial charge in [0.05, 0.1) is 39.2 Å². The minimum atomic E-state index is -4.70. The van der Waals surface area contributed by atoms with Gasteiger partial charge in [0, 0.05) is 23.7 Å². The van der Waals surface area contributed by atoms with Crippen LogP contribution in [0.3, 0.4) is 0 Å². The number of hydrogen-bond donors (Lipinski definition) is 2. The molecule has 3 heterocycles. The van der Waals surface area contributed by atoms with Gasteiger partial charge in [0.15, 0.2) is 16.7 Å². The summed E-state index contributed by atoms with van der Waals surface area (Å²) in [7, 11) is -1.97. The van der Waals surface area contributed by atoms with E-state index in [1.165, 1.54) is 39.1 Å². The third kappa shape index (κ3) is 5.81. The van der Waals surface area contributed by atoms with Gasteiger partial charge in [-0.1, -0.05) is 35.9 Å². The zero-order valence-electron chi connectivity index (χ0n) is 25.2. The van der Waals surface area contributed by atoms with Gasteiger partial charge in [0.2, 0.25) is 5.78 Å². The molecule has 0 radical (unpaired) electrons. The van der Waals surface area contributed by atoms with Crippen LogP contribution in [0.15, 0.2) is 101 Å². The van der Waals surface area contributed by atoms with Crippen molar-refractivity contribution in [1.29, 1.82) is 0 Å². The number of nitrogens with zero attached hydrogens (tertiary/aromatic N) is 5. The number of nitrogens with two attached hydrogens (primary N) is 1. The number of anilines is 2. The monoisotopic (exact) mass is 655 g/mol. The minimum absolute atomic E-state index is 0.0143. The second-order valence-corrected chi connectivity index (χ2v) is 12.0. The molecule has 13 heteroatoms. The summed E-state index contributed by atoms with van der Waals surface area (Å²) in [4.78, 5) is 22.2. The molecule has 6 rings (SSSR count). The van der Waals surface area contributed by atoms with Crippen molar-refractivity contribution < 1.29 is 22.2 Å². The summed E-state index contributed by atoms with van der Waals surface area (Å²) < 4.78 is 58.5. The van der Waals surface area contributed by atoms with Crippen molar-refractivity contribution in [3.05, 3.63) is 114 Å². The molecule has 6 aromatic rings. The molecular formula is C34H28F3N7O2S. The Bertz CT molecular complexity index is 2190. The molecule has 0 fully saturated rings. The van der Waals surface area contributed by atoms with Gasteiger partial charge in [-0.15, -0.1) is 0 Å². The Morgan fingerprint density at radius 2 is 1.83 bits per heavy atom. The number of hydrogen-bond acceptors (Lipinski definition) is 7. The van der Waals surface area contributed by atoms with Gasteiger partial charge in [-0.3, -0.25) is 18.7 Å². The van der Waals surface area contributed by atoms with Crippen molar-refractivity contribution in [3.8, 4) is 16.8 Å². The molecule has 0 aliphatic heterocycles. The Morgan fingerprint density at radius 1 is 1.06 bits per heavy atom. The summed E-state index contributed by atoms with van der Waals surface area (Å²) in [5.41, 5.74) is 8.63. The number of rotatable bonds is 9. The van der Waals surface area contributed by atoms with E-state index in [0.29, 0.717) is 28.2 Å². The van der Waals surface area contributed by atoms with E-state index in [4.69, 9.17) is 5.73 Å². The maximum atomic E-state index is 14.2. The van der Waals surface area contributed by atoms with Crippen LogP contribution in [0.2, 0.25) is 0 Å².